The molecule has 0 unspecified atom stereocenters. The third kappa shape index (κ3) is 4.87. The molecule has 11 heteroatoms. The lowest BCUT2D eigenvalue weighted by molar-refractivity contribution is -0.138. The lowest BCUT2D eigenvalue weighted by Gasteiger charge is -2.18. The average Bonchev–Trinajstić information content (AvgIpc) is 2.57. The maximum Gasteiger partial charge on any atom is 0.347 e. The summed E-state index contributed by atoms with van der Waals surface area (Å²) in [6, 6.07) is 4.74. The first-order chi connectivity index (χ1) is 12.3. The van der Waals surface area contributed by atoms with Crippen LogP contribution in [0.25, 0.3) is 0 Å². The van der Waals surface area contributed by atoms with E-state index in [0.717, 1.165) is 0 Å². The molecule has 1 aromatic heterocycles. The van der Waals surface area contributed by atoms with Crippen LogP contribution in [0.4, 0.5) is 22.1 Å². The number of aromatic nitrogens is 2. The van der Waals surface area contributed by atoms with Crippen LogP contribution in [0.1, 0.15) is 0 Å². The van der Waals surface area contributed by atoms with Gasteiger partial charge in [0.15, 0.2) is 0 Å². The van der Waals surface area contributed by atoms with Gasteiger partial charge in [-0.25, -0.2) is 14.6 Å². The molecule has 26 heavy (non-hydrogen) atoms. The van der Waals surface area contributed by atoms with Gasteiger partial charge in [0.05, 0.1) is 6.20 Å². The number of nitrogens with zero attached hydrogens (tertiary/aromatic N) is 3. The Hall–Kier alpha value is -3.76. The van der Waals surface area contributed by atoms with E-state index in [-0.39, 0.29) is 17.4 Å². The van der Waals surface area contributed by atoms with E-state index < -0.39 is 24.0 Å². The van der Waals surface area contributed by atoms with Crippen LogP contribution in [0.3, 0.4) is 0 Å². The molecular formula is C15H18N6O5. The van der Waals surface area contributed by atoms with Gasteiger partial charge in [0.25, 0.3) is 0 Å². The van der Waals surface area contributed by atoms with Crippen LogP contribution in [0.5, 0.6) is 11.6 Å². The summed E-state index contributed by atoms with van der Waals surface area (Å²) in [4.78, 5) is 32.6. The number of anilines is 3. The second-order valence-electron chi connectivity index (χ2n) is 5.36. The molecule has 138 valence electrons. The standard InChI is InChI=1S/C15H18N6O5/c1-21(2)14-16-7-10(12(23)20-14)18-15(26)19-11(13(24)25)17-8-3-5-9(22)6-4-8/h3-7,11,17,22H,1-2H3,(H,24,25)(H,16,20,23)(H2,18,19,26)/t11-/m0/s1. The van der Waals surface area contributed by atoms with Crippen LogP contribution in [0.15, 0.2) is 30.5 Å². The van der Waals surface area contributed by atoms with E-state index in [4.69, 9.17) is 0 Å². The van der Waals surface area contributed by atoms with E-state index in [2.05, 4.69) is 25.9 Å². The number of amides is 2. The van der Waals surface area contributed by atoms with Crippen LogP contribution in [0.2, 0.25) is 0 Å². The smallest absolute Gasteiger partial charge is 0.347 e. The number of carboxylic acids is 1. The Morgan fingerprint density at radius 2 is 1.81 bits per heavy atom. The fourth-order valence-corrected chi connectivity index (χ4v) is 1.84. The summed E-state index contributed by atoms with van der Waals surface area (Å²) in [7, 11) is 3.36. The van der Waals surface area contributed by atoms with Crippen molar-refractivity contribution in [2.45, 2.75) is 6.17 Å². The number of phenols is 1. The van der Waals surface area contributed by atoms with Gasteiger partial charge in [0.1, 0.15) is 11.4 Å². The number of carbonyl (C=O) groups is 2. The topological polar surface area (TPSA) is 160 Å². The molecule has 0 saturated heterocycles. The van der Waals surface area contributed by atoms with Gasteiger partial charge < -0.3 is 36.2 Å². The molecular weight excluding hydrogens is 344 g/mol. The number of benzene rings is 1. The normalized spacial score (nSPS) is 11.3. The summed E-state index contributed by atoms with van der Waals surface area (Å²) in [6.07, 6.45) is -0.260. The zero-order valence-electron chi connectivity index (χ0n) is 14.0. The van der Waals surface area contributed by atoms with E-state index in [1.54, 1.807) is 19.0 Å². The molecule has 6 N–H and O–H groups in total. The summed E-state index contributed by atoms with van der Waals surface area (Å²) < 4.78 is 0. The van der Waals surface area contributed by atoms with Crippen molar-refractivity contribution in [3.05, 3.63) is 30.5 Å². The van der Waals surface area contributed by atoms with Crippen LogP contribution in [0, 0.1) is 0 Å². The van der Waals surface area contributed by atoms with Gasteiger partial charge in [-0.3, -0.25) is 0 Å². The molecule has 11 nitrogen and oxygen atoms in total. The molecule has 0 saturated carbocycles. The number of carbonyl (C=O) groups excluding carboxylic acids is 1. The lowest BCUT2D eigenvalue weighted by Crippen LogP contribution is -2.47. The average molecular weight is 362 g/mol. The summed E-state index contributed by atoms with van der Waals surface area (Å²) in [5.41, 5.74) is 0.291. The molecule has 1 atom stereocenters. The van der Waals surface area contributed by atoms with Crippen molar-refractivity contribution in [1.82, 2.24) is 15.3 Å². The Labute approximate surface area is 148 Å². The minimum absolute atomic E-state index is 0.0183. The second kappa shape index (κ2) is 7.88. The van der Waals surface area contributed by atoms with E-state index in [0.29, 0.717) is 5.69 Å². The summed E-state index contributed by atoms with van der Waals surface area (Å²) in [5, 5.41) is 35.3. The van der Waals surface area contributed by atoms with Gasteiger partial charge in [-0.1, -0.05) is 0 Å². The van der Waals surface area contributed by atoms with E-state index in [1.165, 1.54) is 30.5 Å². The first-order valence-electron chi connectivity index (χ1n) is 7.35. The molecule has 0 aliphatic carbocycles. The Bertz CT molecular complexity index is 796. The highest BCUT2D eigenvalue weighted by Crippen LogP contribution is 2.21. The van der Waals surface area contributed by atoms with Crippen LogP contribution < -0.4 is 20.9 Å². The van der Waals surface area contributed by atoms with Crippen LogP contribution in [-0.2, 0) is 4.79 Å². The molecule has 2 rings (SSSR count). The molecule has 0 aliphatic rings. The number of aromatic hydroxyl groups is 2. The van der Waals surface area contributed by atoms with Gasteiger partial charge in [0, 0.05) is 19.8 Å². The Kier molecular flexibility index (Phi) is 5.63. The predicted molar refractivity (Wildman–Crippen MR) is 93.3 cm³/mol. The van der Waals surface area contributed by atoms with Crippen LogP contribution in [-0.4, -0.2) is 57.5 Å². The van der Waals surface area contributed by atoms with Gasteiger partial charge in [-0.2, -0.15) is 4.98 Å². The Balaban J connectivity index is 2.03. The molecule has 2 amide bonds. The summed E-state index contributed by atoms with van der Waals surface area (Å²) in [6.45, 7) is 0. The van der Waals surface area contributed by atoms with Crippen molar-refractivity contribution < 1.29 is 24.9 Å². The molecule has 0 radical (unpaired) electrons. The van der Waals surface area contributed by atoms with Crippen molar-refractivity contribution in [2.75, 3.05) is 29.6 Å². The second-order valence-corrected chi connectivity index (χ2v) is 5.36. The summed E-state index contributed by atoms with van der Waals surface area (Å²) in [5.74, 6) is -1.54. The van der Waals surface area contributed by atoms with E-state index in [9.17, 15) is 24.9 Å². The van der Waals surface area contributed by atoms with Gasteiger partial charge in [0.2, 0.25) is 18.0 Å². The number of nitrogens with one attached hydrogen (secondary N) is 3. The number of hydrogen-bond donors (Lipinski definition) is 6. The summed E-state index contributed by atoms with van der Waals surface area (Å²) >= 11 is 0. The van der Waals surface area contributed by atoms with Crippen molar-refractivity contribution in [1.29, 1.82) is 0 Å². The van der Waals surface area contributed by atoms with Crippen molar-refractivity contribution >= 4 is 29.3 Å². The fourth-order valence-electron chi connectivity index (χ4n) is 1.84. The predicted octanol–water partition coefficient (Wildman–Crippen LogP) is 0.598. The lowest BCUT2D eigenvalue weighted by atomic mass is 10.3. The highest BCUT2D eigenvalue weighted by molar-refractivity contribution is 5.93. The van der Waals surface area contributed by atoms with Gasteiger partial charge in [-0.05, 0) is 24.3 Å². The fraction of sp³-hybridized carbons (Fsp3) is 0.200. The molecule has 0 bridgehead atoms. The van der Waals surface area contributed by atoms with Crippen molar-refractivity contribution in [3.63, 3.8) is 0 Å². The van der Waals surface area contributed by atoms with Gasteiger partial charge in [-0.15, -0.1) is 0 Å². The third-order valence-electron chi connectivity index (χ3n) is 3.10. The largest absolute Gasteiger partial charge is 0.508 e. The number of phenolic OH excluding ortho intramolecular Hbond substituents is 1. The third-order valence-corrected chi connectivity index (χ3v) is 3.10. The van der Waals surface area contributed by atoms with Crippen molar-refractivity contribution in [2.24, 2.45) is 0 Å². The van der Waals surface area contributed by atoms with E-state index >= 15 is 0 Å². The number of urea groups is 1. The SMILES string of the molecule is CN(C)c1ncc(NC(=O)N[C@H](Nc2ccc(O)cc2)C(=O)O)c(O)n1. The molecule has 0 spiro atoms. The highest BCUT2D eigenvalue weighted by atomic mass is 16.4. The Morgan fingerprint density at radius 3 is 2.35 bits per heavy atom. The maximum absolute atomic E-state index is 12.0. The minimum atomic E-state index is -1.45. The Morgan fingerprint density at radius 1 is 1.15 bits per heavy atom. The molecule has 0 fully saturated rings. The monoisotopic (exact) mass is 362 g/mol. The molecule has 1 heterocycles. The maximum atomic E-state index is 12.0. The van der Waals surface area contributed by atoms with Crippen LogP contribution >= 0.6 is 0 Å². The number of rotatable bonds is 6. The number of hydrogen-bond acceptors (Lipinski definition) is 8. The molecule has 1 aromatic carbocycles. The quantitative estimate of drug-likeness (QED) is 0.319. The number of carboxylic acid groups (broad SMARTS) is 1. The highest BCUT2D eigenvalue weighted by Gasteiger charge is 2.20. The zero-order chi connectivity index (χ0) is 19.3. The minimum Gasteiger partial charge on any atom is -0.508 e. The van der Waals surface area contributed by atoms with Crippen molar-refractivity contribution in [3.8, 4) is 11.6 Å². The molecule has 0 aliphatic heterocycles. The zero-order valence-corrected chi connectivity index (χ0v) is 14.0. The van der Waals surface area contributed by atoms with E-state index in [1.807, 2.05) is 0 Å². The van der Waals surface area contributed by atoms with Gasteiger partial charge >= 0.3 is 12.0 Å². The first kappa shape index (κ1) is 18.6. The first-order valence-corrected chi connectivity index (χ1v) is 7.35. The molecule has 2 aromatic rings. The number of aliphatic carboxylic acids is 1.